The molecule has 0 saturated heterocycles. The van der Waals surface area contributed by atoms with E-state index in [2.05, 4.69) is 6.07 Å². The summed E-state index contributed by atoms with van der Waals surface area (Å²) in [4.78, 5) is 12.7. The van der Waals surface area contributed by atoms with Crippen LogP contribution in [0, 0.1) is 17.2 Å². The molecular formula is C21H20ClNO3. The lowest BCUT2D eigenvalue weighted by Gasteiger charge is -2.34. The Balaban J connectivity index is 2.22. The molecular weight excluding hydrogens is 350 g/mol. The van der Waals surface area contributed by atoms with Gasteiger partial charge < -0.3 is 9.47 Å². The van der Waals surface area contributed by atoms with Crippen LogP contribution < -0.4 is 4.74 Å². The van der Waals surface area contributed by atoms with Crippen molar-refractivity contribution in [1.82, 2.24) is 0 Å². The molecule has 1 aliphatic rings. The molecule has 0 bridgehead atoms. The lowest BCUT2D eigenvalue weighted by Crippen LogP contribution is -2.39. The van der Waals surface area contributed by atoms with E-state index >= 15 is 0 Å². The zero-order chi connectivity index (χ0) is 18.7. The van der Waals surface area contributed by atoms with Gasteiger partial charge in [-0.1, -0.05) is 29.8 Å². The fourth-order valence-corrected chi connectivity index (χ4v) is 4.07. The third-order valence-corrected chi connectivity index (χ3v) is 5.33. The van der Waals surface area contributed by atoms with Gasteiger partial charge in [0.15, 0.2) is 5.92 Å². The van der Waals surface area contributed by atoms with E-state index in [9.17, 15) is 10.1 Å². The van der Waals surface area contributed by atoms with E-state index in [0.717, 1.165) is 28.9 Å². The van der Waals surface area contributed by atoms with Crippen LogP contribution >= 0.6 is 11.6 Å². The molecule has 0 N–H and O–H groups in total. The number of aryl methyl sites for hydroxylation is 1. The molecule has 2 aromatic carbocycles. The van der Waals surface area contributed by atoms with Crippen molar-refractivity contribution < 1.29 is 14.3 Å². The van der Waals surface area contributed by atoms with Gasteiger partial charge in [0.1, 0.15) is 5.75 Å². The number of nitriles is 1. The Kier molecular flexibility index (Phi) is 5.20. The largest absolute Gasteiger partial charge is 0.497 e. The summed E-state index contributed by atoms with van der Waals surface area (Å²) in [5, 5.41) is 10.5. The average Bonchev–Trinajstić information content (AvgIpc) is 3.02. The van der Waals surface area contributed by atoms with E-state index in [1.165, 1.54) is 0 Å². The van der Waals surface area contributed by atoms with Crippen molar-refractivity contribution in [2.24, 2.45) is 5.92 Å². The molecule has 1 aliphatic carbocycles. The van der Waals surface area contributed by atoms with Crippen LogP contribution in [0.2, 0.25) is 5.02 Å². The van der Waals surface area contributed by atoms with Crippen LogP contribution in [0.5, 0.6) is 5.75 Å². The summed E-state index contributed by atoms with van der Waals surface area (Å²) in [5.74, 6) is -0.730. The van der Waals surface area contributed by atoms with Gasteiger partial charge in [0.25, 0.3) is 0 Å². The third-order valence-electron chi connectivity index (χ3n) is 5.09. The first-order valence-electron chi connectivity index (χ1n) is 8.56. The summed E-state index contributed by atoms with van der Waals surface area (Å²) in [6.45, 7) is 1.98. The minimum Gasteiger partial charge on any atom is -0.497 e. The van der Waals surface area contributed by atoms with E-state index in [1.54, 1.807) is 14.0 Å². The Morgan fingerprint density at radius 1 is 1.31 bits per heavy atom. The molecule has 0 radical (unpaired) electrons. The molecule has 2 aromatic rings. The van der Waals surface area contributed by atoms with Crippen molar-refractivity contribution in [3.8, 4) is 11.8 Å². The first-order valence-corrected chi connectivity index (χ1v) is 8.94. The van der Waals surface area contributed by atoms with E-state index in [4.69, 9.17) is 21.1 Å². The highest BCUT2D eigenvalue weighted by Crippen LogP contribution is 2.50. The number of hydrogen-bond donors (Lipinski definition) is 0. The first-order chi connectivity index (χ1) is 12.6. The highest BCUT2D eigenvalue weighted by atomic mass is 35.5. The molecule has 0 aromatic heterocycles. The SMILES string of the molecule is CCOC(=O)C(C#N)C1(c2ccc(OC)cc2)CCc2ccc(Cl)cc21. The first kappa shape index (κ1) is 18.3. The van der Waals surface area contributed by atoms with Crippen molar-refractivity contribution in [2.75, 3.05) is 13.7 Å². The quantitative estimate of drug-likeness (QED) is 0.738. The third kappa shape index (κ3) is 2.93. The molecule has 2 atom stereocenters. The van der Waals surface area contributed by atoms with Crippen molar-refractivity contribution in [1.29, 1.82) is 5.26 Å². The Bertz CT molecular complexity index is 857. The molecule has 0 saturated carbocycles. The minimum absolute atomic E-state index is 0.234. The predicted molar refractivity (Wildman–Crippen MR) is 99.3 cm³/mol. The maximum absolute atomic E-state index is 12.7. The van der Waals surface area contributed by atoms with Crippen LogP contribution in [0.25, 0.3) is 0 Å². The van der Waals surface area contributed by atoms with Gasteiger partial charge in [0.2, 0.25) is 0 Å². The number of rotatable bonds is 5. The fraction of sp³-hybridized carbons (Fsp3) is 0.333. The number of ether oxygens (including phenoxy) is 2. The monoisotopic (exact) mass is 369 g/mol. The molecule has 0 amide bonds. The fourth-order valence-electron chi connectivity index (χ4n) is 3.89. The second-order valence-electron chi connectivity index (χ2n) is 6.32. The zero-order valence-corrected chi connectivity index (χ0v) is 15.5. The Labute approximate surface area is 158 Å². The second kappa shape index (κ2) is 7.39. The van der Waals surface area contributed by atoms with Crippen molar-refractivity contribution in [3.63, 3.8) is 0 Å². The summed E-state index contributed by atoms with van der Waals surface area (Å²) in [6.07, 6.45) is 1.42. The van der Waals surface area contributed by atoms with Crippen LogP contribution in [0.15, 0.2) is 42.5 Å². The van der Waals surface area contributed by atoms with Crippen LogP contribution in [-0.4, -0.2) is 19.7 Å². The van der Waals surface area contributed by atoms with Gasteiger partial charge in [-0.2, -0.15) is 5.26 Å². The Morgan fingerprint density at radius 3 is 2.65 bits per heavy atom. The van der Waals surface area contributed by atoms with Gasteiger partial charge in [0, 0.05) is 10.4 Å². The lowest BCUT2D eigenvalue weighted by atomic mass is 9.67. The molecule has 0 fully saturated rings. The number of methoxy groups -OCH3 is 1. The van der Waals surface area contributed by atoms with Gasteiger partial charge in [0.05, 0.1) is 19.8 Å². The average molecular weight is 370 g/mol. The number of nitrogens with zero attached hydrogens (tertiary/aromatic N) is 1. The maximum atomic E-state index is 12.7. The smallest absolute Gasteiger partial charge is 0.324 e. The van der Waals surface area contributed by atoms with Crippen LogP contribution in [-0.2, 0) is 21.4 Å². The number of benzene rings is 2. The summed E-state index contributed by atoms with van der Waals surface area (Å²) >= 11 is 6.26. The molecule has 3 rings (SSSR count). The van der Waals surface area contributed by atoms with Crippen LogP contribution in [0.1, 0.15) is 30.0 Å². The molecule has 0 aliphatic heterocycles. The van der Waals surface area contributed by atoms with E-state index in [0.29, 0.717) is 11.4 Å². The normalized spacial score (nSPS) is 19.3. The predicted octanol–water partition coefficient (Wildman–Crippen LogP) is 4.28. The number of halogens is 1. The summed E-state index contributed by atoms with van der Waals surface area (Å²) in [5.41, 5.74) is 2.14. The number of fused-ring (bicyclic) bond motifs is 1. The number of carbonyl (C=O) groups is 1. The van der Waals surface area contributed by atoms with Crippen molar-refractivity contribution in [2.45, 2.75) is 25.2 Å². The van der Waals surface area contributed by atoms with E-state index < -0.39 is 17.3 Å². The minimum atomic E-state index is -0.949. The zero-order valence-electron chi connectivity index (χ0n) is 14.8. The lowest BCUT2D eigenvalue weighted by molar-refractivity contribution is -0.147. The Hall–Kier alpha value is -2.51. The van der Waals surface area contributed by atoms with Crippen molar-refractivity contribution >= 4 is 17.6 Å². The molecule has 134 valence electrons. The van der Waals surface area contributed by atoms with Crippen molar-refractivity contribution in [3.05, 3.63) is 64.2 Å². The number of esters is 1. The molecule has 0 heterocycles. The molecule has 0 spiro atoms. The van der Waals surface area contributed by atoms with Gasteiger partial charge in [-0.05, 0) is 60.7 Å². The topological polar surface area (TPSA) is 59.3 Å². The number of carbonyl (C=O) groups excluding carboxylic acids is 1. The summed E-state index contributed by atoms with van der Waals surface area (Å²) < 4.78 is 10.5. The van der Waals surface area contributed by atoms with E-state index in [1.807, 2.05) is 42.5 Å². The summed E-state index contributed by atoms with van der Waals surface area (Å²) in [6, 6.07) is 15.4. The highest BCUT2D eigenvalue weighted by molar-refractivity contribution is 6.30. The molecule has 5 heteroatoms. The molecule has 2 unspecified atom stereocenters. The molecule has 26 heavy (non-hydrogen) atoms. The maximum Gasteiger partial charge on any atom is 0.324 e. The van der Waals surface area contributed by atoms with Gasteiger partial charge in [-0.15, -0.1) is 0 Å². The summed E-state index contributed by atoms with van der Waals surface area (Å²) in [7, 11) is 1.60. The Morgan fingerprint density at radius 2 is 2.04 bits per heavy atom. The van der Waals surface area contributed by atoms with Crippen LogP contribution in [0.4, 0.5) is 0 Å². The molecule has 4 nitrogen and oxygen atoms in total. The van der Waals surface area contributed by atoms with E-state index in [-0.39, 0.29) is 6.61 Å². The highest BCUT2D eigenvalue weighted by Gasteiger charge is 2.50. The van der Waals surface area contributed by atoms with Gasteiger partial charge in [-0.25, -0.2) is 0 Å². The van der Waals surface area contributed by atoms with Crippen LogP contribution in [0.3, 0.4) is 0 Å². The standard InChI is InChI=1S/C21H20ClNO3/c1-3-26-20(24)19(13-23)21(15-5-8-17(25-2)9-6-15)11-10-14-4-7-16(22)12-18(14)21/h4-9,12,19H,3,10-11H2,1-2H3. The second-order valence-corrected chi connectivity index (χ2v) is 6.75. The number of hydrogen-bond acceptors (Lipinski definition) is 4. The van der Waals surface area contributed by atoms with Gasteiger partial charge >= 0.3 is 5.97 Å². The van der Waals surface area contributed by atoms with Gasteiger partial charge in [-0.3, -0.25) is 4.79 Å².